The molecular weight excluding hydrogens is 144 g/mol. The largest absolute Gasteiger partial charge is 0.464 e. The SMILES string of the molecule is CCC(C)=NN(CC)C(=O)O. The molecule has 4 nitrogen and oxygen atoms in total. The van der Waals surface area contributed by atoms with E-state index >= 15 is 0 Å². The number of hydrogen-bond acceptors (Lipinski definition) is 2. The van der Waals surface area contributed by atoms with E-state index in [1.807, 2.05) is 13.8 Å². The van der Waals surface area contributed by atoms with Crippen molar-refractivity contribution in [2.45, 2.75) is 27.2 Å². The lowest BCUT2D eigenvalue weighted by atomic mass is 10.3. The number of rotatable bonds is 3. The van der Waals surface area contributed by atoms with Crippen LogP contribution in [0.4, 0.5) is 4.79 Å². The standard InChI is InChI=1S/C7H14N2O2/c1-4-6(3)8-9(5-2)7(10)11/h4-5H2,1-3H3,(H,10,11). The monoisotopic (exact) mass is 158 g/mol. The second-order valence-electron chi connectivity index (χ2n) is 2.19. The topological polar surface area (TPSA) is 52.9 Å². The molecule has 0 aromatic rings. The first-order valence-corrected chi connectivity index (χ1v) is 3.66. The van der Waals surface area contributed by atoms with Crippen LogP contribution in [-0.2, 0) is 0 Å². The Morgan fingerprint density at radius 2 is 2.09 bits per heavy atom. The lowest BCUT2D eigenvalue weighted by molar-refractivity contribution is 0.149. The fourth-order valence-electron chi connectivity index (χ4n) is 0.526. The van der Waals surface area contributed by atoms with Gasteiger partial charge in [0.05, 0.1) is 0 Å². The first kappa shape index (κ1) is 9.94. The average Bonchev–Trinajstić information content (AvgIpc) is 1.99. The fourth-order valence-corrected chi connectivity index (χ4v) is 0.526. The third-order valence-corrected chi connectivity index (χ3v) is 1.32. The molecule has 0 aliphatic heterocycles. The molecule has 0 aliphatic carbocycles. The van der Waals surface area contributed by atoms with Crippen molar-refractivity contribution in [3.63, 3.8) is 0 Å². The van der Waals surface area contributed by atoms with E-state index < -0.39 is 6.09 Å². The smallest absolute Gasteiger partial charge is 0.427 e. The van der Waals surface area contributed by atoms with Crippen LogP contribution in [0.1, 0.15) is 27.2 Å². The Labute approximate surface area is 66.5 Å². The maximum Gasteiger partial charge on any atom is 0.427 e. The van der Waals surface area contributed by atoms with E-state index in [1.54, 1.807) is 6.92 Å². The molecule has 0 fully saturated rings. The molecule has 0 aromatic heterocycles. The van der Waals surface area contributed by atoms with E-state index in [4.69, 9.17) is 5.11 Å². The van der Waals surface area contributed by atoms with Gasteiger partial charge in [-0.15, -0.1) is 0 Å². The normalized spacial score (nSPS) is 11.4. The summed E-state index contributed by atoms with van der Waals surface area (Å²) < 4.78 is 0. The molecule has 0 atom stereocenters. The number of carbonyl (C=O) groups is 1. The van der Waals surface area contributed by atoms with Crippen LogP contribution < -0.4 is 0 Å². The number of hydrazone groups is 1. The molecule has 0 bridgehead atoms. The number of nitrogens with zero attached hydrogens (tertiary/aromatic N) is 2. The van der Waals surface area contributed by atoms with Gasteiger partial charge >= 0.3 is 6.09 Å². The summed E-state index contributed by atoms with van der Waals surface area (Å²) in [6.45, 7) is 5.90. The third-order valence-electron chi connectivity index (χ3n) is 1.32. The molecule has 0 saturated carbocycles. The molecule has 64 valence electrons. The molecule has 0 heterocycles. The number of hydrogen-bond donors (Lipinski definition) is 1. The van der Waals surface area contributed by atoms with E-state index in [1.165, 1.54) is 0 Å². The number of carboxylic acid groups (broad SMARTS) is 1. The van der Waals surface area contributed by atoms with Gasteiger partial charge in [0.1, 0.15) is 0 Å². The fraction of sp³-hybridized carbons (Fsp3) is 0.714. The second kappa shape index (κ2) is 4.71. The van der Waals surface area contributed by atoms with Crippen molar-refractivity contribution in [3.8, 4) is 0 Å². The summed E-state index contributed by atoms with van der Waals surface area (Å²) in [7, 11) is 0. The van der Waals surface area contributed by atoms with Crippen LogP contribution in [-0.4, -0.2) is 28.5 Å². The Morgan fingerprint density at radius 1 is 1.55 bits per heavy atom. The predicted molar refractivity (Wildman–Crippen MR) is 43.8 cm³/mol. The van der Waals surface area contributed by atoms with Gasteiger partial charge in [0, 0.05) is 12.3 Å². The summed E-state index contributed by atoms with van der Waals surface area (Å²) in [4.78, 5) is 10.4. The van der Waals surface area contributed by atoms with Crippen molar-refractivity contribution in [3.05, 3.63) is 0 Å². The minimum Gasteiger partial charge on any atom is -0.464 e. The Balaban J connectivity index is 4.17. The molecule has 0 saturated heterocycles. The van der Waals surface area contributed by atoms with Crippen LogP contribution in [0.3, 0.4) is 0 Å². The van der Waals surface area contributed by atoms with Crippen molar-refractivity contribution < 1.29 is 9.90 Å². The molecule has 4 heteroatoms. The van der Waals surface area contributed by atoms with E-state index in [-0.39, 0.29) is 0 Å². The lowest BCUT2D eigenvalue weighted by Crippen LogP contribution is -2.24. The third kappa shape index (κ3) is 3.60. The van der Waals surface area contributed by atoms with Crippen LogP contribution >= 0.6 is 0 Å². The summed E-state index contributed by atoms with van der Waals surface area (Å²) in [6, 6.07) is 0. The van der Waals surface area contributed by atoms with Crippen LogP contribution in [0.15, 0.2) is 5.10 Å². The van der Waals surface area contributed by atoms with Crippen molar-refractivity contribution in [2.75, 3.05) is 6.54 Å². The predicted octanol–water partition coefficient (Wildman–Crippen LogP) is 1.77. The Hall–Kier alpha value is -1.06. The zero-order valence-corrected chi connectivity index (χ0v) is 7.16. The quantitative estimate of drug-likeness (QED) is 0.502. The highest BCUT2D eigenvalue weighted by molar-refractivity contribution is 5.82. The summed E-state index contributed by atoms with van der Waals surface area (Å²) >= 11 is 0. The van der Waals surface area contributed by atoms with Gasteiger partial charge in [0.25, 0.3) is 0 Å². The maximum absolute atomic E-state index is 10.4. The summed E-state index contributed by atoms with van der Waals surface area (Å²) in [5.74, 6) is 0. The Kier molecular flexibility index (Phi) is 4.26. The van der Waals surface area contributed by atoms with Gasteiger partial charge in [0.15, 0.2) is 0 Å². The van der Waals surface area contributed by atoms with Crippen LogP contribution in [0.2, 0.25) is 0 Å². The highest BCUT2D eigenvalue weighted by atomic mass is 16.4. The first-order valence-electron chi connectivity index (χ1n) is 3.66. The van der Waals surface area contributed by atoms with E-state index in [0.29, 0.717) is 6.54 Å². The summed E-state index contributed by atoms with van der Waals surface area (Å²) in [6.07, 6.45) is -0.218. The van der Waals surface area contributed by atoms with Crippen molar-refractivity contribution in [1.29, 1.82) is 0 Å². The molecule has 0 spiro atoms. The highest BCUT2D eigenvalue weighted by Crippen LogP contribution is 1.93. The minimum absolute atomic E-state index is 0.396. The van der Waals surface area contributed by atoms with Crippen LogP contribution in [0, 0.1) is 0 Å². The maximum atomic E-state index is 10.4. The lowest BCUT2D eigenvalue weighted by Gasteiger charge is -2.10. The average molecular weight is 158 g/mol. The van der Waals surface area contributed by atoms with E-state index in [2.05, 4.69) is 5.10 Å². The molecule has 0 rings (SSSR count). The zero-order valence-electron chi connectivity index (χ0n) is 7.16. The Morgan fingerprint density at radius 3 is 2.36 bits per heavy atom. The minimum atomic E-state index is -1.000. The highest BCUT2D eigenvalue weighted by Gasteiger charge is 2.05. The summed E-state index contributed by atoms with van der Waals surface area (Å²) in [5.41, 5.74) is 0.828. The molecule has 11 heavy (non-hydrogen) atoms. The van der Waals surface area contributed by atoms with Crippen molar-refractivity contribution in [1.82, 2.24) is 5.01 Å². The van der Waals surface area contributed by atoms with E-state index in [0.717, 1.165) is 17.1 Å². The first-order chi connectivity index (χ1) is 5.11. The molecule has 1 N–H and O–H groups in total. The van der Waals surface area contributed by atoms with Gasteiger partial charge in [-0.3, -0.25) is 0 Å². The second-order valence-corrected chi connectivity index (χ2v) is 2.19. The molecule has 0 aliphatic rings. The Bertz CT molecular complexity index is 166. The van der Waals surface area contributed by atoms with Gasteiger partial charge in [-0.25, -0.2) is 4.79 Å². The van der Waals surface area contributed by atoms with Gasteiger partial charge < -0.3 is 5.11 Å². The van der Waals surface area contributed by atoms with Gasteiger partial charge in [-0.2, -0.15) is 10.1 Å². The van der Waals surface area contributed by atoms with E-state index in [9.17, 15) is 4.79 Å². The van der Waals surface area contributed by atoms with Crippen molar-refractivity contribution in [2.24, 2.45) is 5.10 Å². The van der Waals surface area contributed by atoms with Gasteiger partial charge in [-0.05, 0) is 20.3 Å². The molecule has 1 amide bonds. The zero-order chi connectivity index (χ0) is 8.85. The van der Waals surface area contributed by atoms with Gasteiger partial charge in [0.2, 0.25) is 0 Å². The summed E-state index contributed by atoms with van der Waals surface area (Å²) in [5, 5.41) is 13.4. The van der Waals surface area contributed by atoms with Crippen molar-refractivity contribution >= 4 is 11.8 Å². The van der Waals surface area contributed by atoms with Crippen LogP contribution in [0.25, 0.3) is 0 Å². The molecule has 0 aromatic carbocycles. The molecule has 0 radical (unpaired) electrons. The molecule has 0 unspecified atom stereocenters. The molecular formula is C7H14N2O2. The number of amides is 1. The van der Waals surface area contributed by atoms with Gasteiger partial charge in [-0.1, -0.05) is 6.92 Å². The van der Waals surface area contributed by atoms with Crippen LogP contribution in [0.5, 0.6) is 0 Å².